The summed E-state index contributed by atoms with van der Waals surface area (Å²) >= 11 is 5.96. The molecule has 31 heavy (non-hydrogen) atoms. The molecular formula is C20H22ClN3O6S. The maximum atomic E-state index is 12.3. The zero-order valence-electron chi connectivity index (χ0n) is 17.1. The average Bonchev–Trinajstić information content (AvgIpc) is 2.73. The molecule has 0 saturated carbocycles. The molecule has 0 spiro atoms. The van der Waals surface area contributed by atoms with E-state index in [1.54, 1.807) is 30.3 Å². The molecule has 2 aromatic rings. The molecule has 2 aromatic carbocycles. The number of hydrogen-bond donors (Lipinski definition) is 2. The zero-order valence-corrected chi connectivity index (χ0v) is 18.7. The summed E-state index contributed by atoms with van der Waals surface area (Å²) in [5.41, 5.74) is 0.544. The Morgan fingerprint density at radius 1 is 1.10 bits per heavy atom. The van der Waals surface area contributed by atoms with Crippen molar-refractivity contribution in [1.29, 1.82) is 0 Å². The lowest BCUT2D eigenvalue weighted by Gasteiger charge is -2.15. The fraction of sp³-hybridized carbons (Fsp3) is 0.250. The van der Waals surface area contributed by atoms with Crippen LogP contribution in [0.15, 0.2) is 53.4 Å². The highest BCUT2D eigenvalue weighted by molar-refractivity contribution is 7.89. The number of ether oxygens (including phenoxy) is 1. The first kappa shape index (κ1) is 24.3. The highest BCUT2D eigenvalue weighted by Crippen LogP contribution is 2.26. The van der Waals surface area contributed by atoms with Gasteiger partial charge in [-0.1, -0.05) is 29.8 Å². The number of esters is 1. The molecule has 0 radical (unpaired) electrons. The Labute approximate surface area is 185 Å². The van der Waals surface area contributed by atoms with Gasteiger partial charge in [0.05, 0.1) is 5.02 Å². The Kier molecular flexibility index (Phi) is 8.14. The fourth-order valence-electron chi connectivity index (χ4n) is 2.36. The summed E-state index contributed by atoms with van der Waals surface area (Å²) < 4.78 is 30.5. The van der Waals surface area contributed by atoms with Gasteiger partial charge < -0.3 is 15.4 Å². The van der Waals surface area contributed by atoms with Crippen molar-refractivity contribution < 1.29 is 27.5 Å². The first-order valence-corrected chi connectivity index (χ1v) is 10.9. The van der Waals surface area contributed by atoms with Crippen LogP contribution in [0.25, 0.3) is 0 Å². The second kappa shape index (κ2) is 10.4. The summed E-state index contributed by atoms with van der Waals surface area (Å²) in [6.45, 7) is 0.807. The molecule has 0 aliphatic heterocycles. The van der Waals surface area contributed by atoms with Crippen molar-refractivity contribution in [3.05, 3.63) is 59.1 Å². The van der Waals surface area contributed by atoms with Gasteiger partial charge in [0.2, 0.25) is 10.0 Å². The summed E-state index contributed by atoms with van der Waals surface area (Å²) in [6, 6.07) is 11.3. The number of amides is 2. The molecule has 0 aliphatic carbocycles. The number of rotatable bonds is 8. The third kappa shape index (κ3) is 6.51. The average molecular weight is 468 g/mol. The Bertz CT molecular complexity index is 1070. The number of sulfonamides is 1. The first-order chi connectivity index (χ1) is 14.5. The molecule has 1 atom stereocenters. The molecule has 9 nitrogen and oxygen atoms in total. The summed E-state index contributed by atoms with van der Waals surface area (Å²) in [4.78, 5) is 36.0. The van der Waals surface area contributed by atoms with Crippen LogP contribution in [0.2, 0.25) is 5.02 Å². The lowest BCUT2D eigenvalue weighted by atomic mass is 10.2. The van der Waals surface area contributed by atoms with Gasteiger partial charge in [0, 0.05) is 25.3 Å². The quantitative estimate of drug-likeness (QED) is 0.572. The summed E-state index contributed by atoms with van der Waals surface area (Å²) in [5, 5.41) is 4.92. The molecule has 0 heterocycles. The van der Waals surface area contributed by atoms with Gasteiger partial charge in [0.25, 0.3) is 11.8 Å². The zero-order chi connectivity index (χ0) is 23.2. The van der Waals surface area contributed by atoms with Crippen molar-refractivity contribution in [2.24, 2.45) is 0 Å². The number of carbonyl (C=O) groups excluding carboxylic acids is 3. The van der Waals surface area contributed by atoms with E-state index in [9.17, 15) is 22.8 Å². The molecule has 0 bridgehead atoms. The van der Waals surface area contributed by atoms with Crippen molar-refractivity contribution in [1.82, 2.24) is 9.62 Å². The van der Waals surface area contributed by atoms with E-state index < -0.39 is 40.5 Å². The molecular weight excluding hydrogens is 446 g/mol. The van der Waals surface area contributed by atoms with Crippen LogP contribution in [-0.4, -0.2) is 57.3 Å². The van der Waals surface area contributed by atoms with Crippen molar-refractivity contribution in [2.45, 2.75) is 17.9 Å². The monoisotopic (exact) mass is 467 g/mol. The van der Waals surface area contributed by atoms with Crippen LogP contribution in [0.5, 0.6) is 0 Å². The van der Waals surface area contributed by atoms with E-state index in [-0.39, 0.29) is 15.6 Å². The highest BCUT2D eigenvalue weighted by atomic mass is 35.5. The van der Waals surface area contributed by atoms with Gasteiger partial charge in [-0.3, -0.25) is 9.59 Å². The van der Waals surface area contributed by atoms with Crippen LogP contribution < -0.4 is 10.6 Å². The molecule has 2 N–H and O–H groups in total. The molecule has 166 valence electrons. The van der Waals surface area contributed by atoms with Gasteiger partial charge in [0.1, 0.15) is 10.9 Å². The number of carbonyl (C=O) groups is 3. The second-order valence-corrected chi connectivity index (χ2v) is 9.18. The second-order valence-electron chi connectivity index (χ2n) is 6.65. The van der Waals surface area contributed by atoms with Crippen LogP contribution >= 0.6 is 11.6 Å². The van der Waals surface area contributed by atoms with Crippen molar-refractivity contribution in [3.8, 4) is 0 Å². The molecule has 11 heteroatoms. The molecule has 0 saturated heterocycles. The number of anilines is 1. The number of benzene rings is 2. The number of nitrogens with zero attached hydrogens (tertiary/aromatic N) is 1. The SMILES string of the molecule is CC(NC(=O)c1ccccc1)C(=O)OCC(=O)Nc1ccc(Cl)c(S(=O)(=O)N(C)C)c1. The van der Waals surface area contributed by atoms with Gasteiger partial charge in [-0.15, -0.1) is 0 Å². The van der Waals surface area contributed by atoms with E-state index >= 15 is 0 Å². The predicted molar refractivity (Wildman–Crippen MR) is 115 cm³/mol. The van der Waals surface area contributed by atoms with Gasteiger partial charge >= 0.3 is 5.97 Å². The van der Waals surface area contributed by atoms with E-state index in [0.29, 0.717) is 5.56 Å². The van der Waals surface area contributed by atoms with Gasteiger partial charge in [0.15, 0.2) is 6.61 Å². The Morgan fingerprint density at radius 3 is 2.35 bits per heavy atom. The summed E-state index contributed by atoms with van der Waals surface area (Å²) in [5.74, 6) is -1.94. The standard InChI is InChI=1S/C20H22ClN3O6S/c1-13(22-19(26)14-7-5-4-6-8-14)20(27)30-12-18(25)23-15-9-10-16(21)17(11-15)31(28,29)24(2)3/h4-11,13H,12H2,1-3H3,(H,22,26)(H,23,25). The minimum absolute atomic E-state index is 0.00103. The van der Waals surface area contributed by atoms with Gasteiger partial charge in [-0.05, 0) is 37.3 Å². The summed E-state index contributed by atoms with van der Waals surface area (Å²) in [6.07, 6.45) is 0. The van der Waals surface area contributed by atoms with Crippen LogP contribution in [0, 0.1) is 0 Å². The smallest absolute Gasteiger partial charge is 0.328 e. The van der Waals surface area contributed by atoms with Crippen molar-refractivity contribution >= 4 is 45.1 Å². The van der Waals surface area contributed by atoms with E-state index in [1.165, 1.54) is 39.2 Å². The van der Waals surface area contributed by atoms with Crippen molar-refractivity contribution in [3.63, 3.8) is 0 Å². The minimum atomic E-state index is -3.81. The van der Waals surface area contributed by atoms with Crippen LogP contribution in [0.4, 0.5) is 5.69 Å². The molecule has 2 rings (SSSR count). The maximum Gasteiger partial charge on any atom is 0.328 e. The Balaban J connectivity index is 1.93. The largest absolute Gasteiger partial charge is 0.454 e. The summed E-state index contributed by atoms with van der Waals surface area (Å²) in [7, 11) is -1.10. The number of halogens is 1. The maximum absolute atomic E-state index is 12.3. The number of nitrogens with one attached hydrogen (secondary N) is 2. The van der Waals surface area contributed by atoms with Crippen LogP contribution in [0.3, 0.4) is 0 Å². The van der Waals surface area contributed by atoms with Gasteiger partial charge in [-0.25, -0.2) is 17.5 Å². The first-order valence-electron chi connectivity index (χ1n) is 9.07. The van der Waals surface area contributed by atoms with E-state index in [1.807, 2.05) is 0 Å². The van der Waals surface area contributed by atoms with E-state index in [2.05, 4.69) is 10.6 Å². The third-order valence-electron chi connectivity index (χ3n) is 4.06. The molecule has 0 aromatic heterocycles. The Hall–Kier alpha value is -2.95. The minimum Gasteiger partial charge on any atom is -0.454 e. The predicted octanol–water partition coefficient (Wildman–Crippen LogP) is 1.89. The van der Waals surface area contributed by atoms with Crippen LogP contribution in [0.1, 0.15) is 17.3 Å². The van der Waals surface area contributed by atoms with E-state index in [4.69, 9.17) is 16.3 Å². The molecule has 2 amide bonds. The van der Waals surface area contributed by atoms with E-state index in [0.717, 1.165) is 4.31 Å². The normalized spacial score (nSPS) is 12.2. The fourth-order valence-corrected chi connectivity index (χ4v) is 3.76. The topological polar surface area (TPSA) is 122 Å². The lowest BCUT2D eigenvalue weighted by molar-refractivity contribution is -0.148. The highest BCUT2D eigenvalue weighted by Gasteiger charge is 2.22. The van der Waals surface area contributed by atoms with Crippen LogP contribution in [-0.2, 0) is 24.3 Å². The molecule has 1 unspecified atom stereocenters. The third-order valence-corrected chi connectivity index (χ3v) is 6.35. The lowest BCUT2D eigenvalue weighted by Crippen LogP contribution is -2.40. The Morgan fingerprint density at radius 2 is 1.74 bits per heavy atom. The van der Waals surface area contributed by atoms with Gasteiger partial charge in [-0.2, -0.15) is 0 Å². The van der Waals surface area contributed by atoms with Crippen molar-refractivity contribution in [2.75, 3.05) is 26.0 Å². The molecule has 0 fully saturated rings. The molecule has 0 aliphatic rings. The number of hydrogen-bond acceptors (Lipinski definition) is 6.